The molecule has 0 spiro atoms. The predicted octanol–water partition coefficient (Wildman–Crippen LogP) is 4.53. The summed E-state index contributed by atoms with van der Waals surface area (Å²) in [5.41, 5.74) is 0.797. The Morgan fingerprint density at radius 1 is 1.15 bits per heavy atom. The maximum atomic E-state index is 12.8. The number of nitrogens with zero attached hydrogens (tertiary/aromatic N) is 4. The number of nitrogens with one attached hydrogen (secondary N) is 2. The van der Waals surface area contributed by atoms with Gasteiger partial charge in [-0.1, -0.05) is 18.2 Å². The summed E-state index contributed by atoms with van der Waals surface area (Å²) in [5, 5.41) is 26.2. The van der Waals surface area contributed by atoms with Crippen LogP contribution >= 0.6 is 0 Å². The van der Waals surface area contributed by atoms with Crippen molar-refractivity contribution in [2.24, 2.45) is 23.2 Å². The molecule has 208 valence electrons. The zero-order valence-corrected chi connectivity index (χ0v) is 21.6. The van der Waals surface area contributed by atoms with Crippen LogP contribution in [-0.2, 0) is 6.54 Å². The quantitative estimate of drug-likeness (QED) is 0.447. The zero-order chi connectivity index (χ0) is 27.2. The smallest absolute Gasteiger partial charge is 0.405 e. The average Bonchev–Trinajstić information content (AvgIpc) is 3.31. The molecule has 8 nitrogen and oxygen atoms in total. The maximum absolute atomic E-state index is 12.8. The number of para-hydroxylation sites is 1. The summed E-state index contributed by atoms with van der Waals surface area (Å²) in [5.74, 6) is 2.38. The van der Waals surface area contributed by atoms with Gasteiger partial charge in [0, 0.05) is 37.8 Å². The van der Waals surface area contributed by atoms with Gasteiger partial charge in [-0.25, -0.2) is 4.98 Å². The number of nitriles is 1. The van der Waals surface area contributed by atoms with E-state index < -0.39 is 6.36 Å². The summed E-state index contributed by atoms with van der Waals surface area (Å²) in [6, 6.07) is 8.63. The van der Waals surface area contributed by atoms with Crippen molar-refractivity contribution in [2.45, 2.75) is 63.6 Å². The van der Waals surface area contributed by atoms with E-state index in [0.717, 1.165) is 44.8 Å². The Balaban J connectivity index is 1.13. The Bertz CT molecular complexity index is 1230. The molecule has 11 heteroatoms. The number of hydrogen-bond donors (Lipinski definition) is 3. The van der Waals surface area contributed by atoms with Gasteiger partial charge in [0.15, 0.2) is 0 Å². The lowest BCUT2D eigenvalue weighted by molar-refractivity contribution is -0.274. The van der Waals surface area contributed by atoms with Crippen LogP contribution in [0.1, 0.15) is 49.7 Å². The van der Waals surface area contributed by atoms with Gasteiger partial charge in [0.2, 0.25) is 5.95 Å². The van der Waals surface area contributed by atoms with Gasteiger partial charge in [0.25, 0.3) is 0 Å². The van der Waals surface area contributed by atoms with E-state index in [1.807, 2.05) is 0 Å². The molecule has 5 aliphatic rings. The van der Waals surface area contributed by atoms with Crippen LogP contribution in [0.2, 0.25) is 0 Å². The molecule has 4 saturated carbocycles. The lowest BCUT2D eigenvalue weighted by atomic mass is 9.47. The highest BCUT2D eigenvalue weighted by molar-refractivity contribution is 5.53. The highest BCUT2D eigenvalue weighted by atomic mass is 19.4. The molecule has 39 heavy (non-hydrogen) atoms. The van der Waals surface area contributed by atoms with E-state index in [9.17, 15) is 23.5 Å². The van der Waals surface area contributed by atoms with Gasteiger partial charge in [-0.2, -0.15) is 10.2 Å². The zero-order valence-electron chi connectivity index (χ0n) is 21.6. The molecular weight excluding hydrogens is 509 g/mol. The molecule has 1 unspecified atom stereocenters. The molecule has 4 aliphatic carbocycles. The summed E-state index contributed by atoms with van der Waals surface area (Å²) in [6.45, 7) is 2.53. The molecule has 1 aromatic carbocycles. The van der Waals surface area contributed by atoms with E-state index in [1.165, 1.54) is 37.6 Å². The summed E-state index contributed by atoms with van der Waals surface area (Å²) < 4.78 is 42.4. The molecule has 5 fully saturated rings. The number of alkyl halides is 3. The van der Waals surface area contributed by atoms with E-state index in [-0.39, 0.29) is 29.8 Å². The van der Waals surface area contributed by atoms with Gasteiger partial charge in [-0.15, -0.1) is 13.2 Å². The second-order valence-electron chi connectivity index (χ2n) is 11.8. The lowest BCUT2D eigenvalue weighted by Gasteiger charge is -2.62. The molecule has 7 rings (SSSR count). The second kappa shape index (κ2) is 10.1. The minimum Gasteiger partial charge on any atom is -0.405 e. The van der Waals surface area contributed by atoms with Crippen LogP contribution < -0.4 is 15.4 Å². The minimum atomic E-state index is -4.79. The van der Waals surface area contributed by atoms with Crippen LogP contribution in [0.4, 0.5) is 24.9 Å². The number of ether oxygens (including phenoxy) is 1. The number of benzene rings is 1. The Morgan fingerprint density at radius 2 is 1.92 bits per heavy atom. The van der Waals surface area contributed by atoms with Gasteiger partial charge >= 0.3 is 6.36 Å². The number of β-amino-alcohol motifs (C(OH)–C–C–N with tert-alkyl or cyclic N) is 1. The summed E-state index contributed by atoms with van der Waals surface area (Å²) >= 11 is 0. The molecule has 0 amide bonds. The van der Waals surface area contributed by atoms with Crippen LogP contribution in [0, 0.1) is 34.5 Å². The van der Waals surface area contributed by atoms with E-state index >= 15 is 0 Å². The molecule has 4 bridgehead atoms. The van der Waals surface area contributed by atoms with Crippen LogP contribution in [0.15, 0.2) is 30.5 Å². The Morgan fingerprint density at radius 3 is 2.62 bits per heavy atom. The van der Waals surface area contributed by atoms with Gasteiger partial charge in [-0.3, -0.25) is 4.90 Å². The predicted molar refractivity (Wildman–Crippen MR) is 138 cm³/mol. The Hall–Kier alpha value is -3.10. The first-order chi connectivity index (χ1) is 18.7. The van der Waals surface area contributed by atoms with E-state index in [2.05, 4.69) is 36.3 Å². The Kier molecular flexibility index (Phi) is 6.79. The molecular formula is C28H33F3N6O2. The van der Waals surface area contributed by atoms with Crippen LogP contribution in [0.25, 0.3) is 0 Å². The number of likely N-dealkylation sites (tertiary alicyclic amines) is 1. The number of hydrogen-bond acceptors (Lipinski definition) is 8. The minimum absolute atomic E-state index is 0.0269. The van der Waals surface area contributed by atoms with Crippen LogP contribution in [0.5, 0.6) is 5.75 Å². The van der Waals surface area contributed by atoms with Crippen molar-refractivity contribution in [3.8, 4) is 11.8 Å². The number of halogens is 3. The van der Waals surface area contributed by atoms with Crippen molar-refractivity contribution in [3.05, 3.63) is 41.6 Å². The summed E-state index contributed by atoms with van der Waals surface area (Å²) in [7, 11) is 0. The molecule has 3 N–H and O–H groups in total. The monoisotopic (exact) mass is 542 g/mol. The van der Waals surface area contributed by atoms with Crippen molar-refractivity contribution in [3.63, 3.8) is 0 Å². The molecule has 0 radical (unpaired) electrons. The van der Waals surface area contributed by atoms with Crippen molar-refractivity contribution in [2.75, 3.05) is 30.3 Å². The maximum Gasteiger partial charge on any atom is 0.573 e. The molecule has 1 saturated heterocycles. The first-order valence-corrected chi connectivity index (χ1v) is 13.7. The number of anilines is 2. The topological polar surface area (TPSA) is 106 Å². The van der Waals surface area contributed by atoms with E-state index in [1.54, 1.807) is 12.1 Å². The van der Waals surface area contributed by atoms with Crippen LogP contribution in [0.3, 0.4) is 0 Å². The van der Waals surface area contributed by atoms with Crippen molar-refractivity contribution in [1.82, 2.24) is 14.9 Å². The third-order valence-electron chi connectivity index (χ3n) is 9.14. The number of rotatable bonds is 8. The number of aliphatic hydroxyl groups is 1. The van der Waals surface area contributed by atoms with Crippen molar-refractivity contribution in [1.29, 1.82) is 5.26 Å². The summed E-state index contributed by atoms with van der Waals surface area (Å²) in [6.07, 6.45) is 3.30. The first kappa shape index (κ1) is 26.1. The standard InChI is InChI=1S/C28H33F3N6O2/c29-28(30,31)39-23-4-2-1-3-18(23)13-33-26-34-14-21(12-32)25(36-26)35-16-27-9-17-7-19(10-27)24(20(8-17)11-27)37-6-5-22(38)15-37/h1-4,14,17,19-20,22,24,38H,5-11,13,15-16H2,(H2,33,34,35,36)/t17?,19-,20-,22?,24?,27?/m0/s1. The molecule has 1 aromatic heterocycles. The number of aromatic nitrogens is 2. The SMILES string of the molecule is N#Cc1cnc(NCc2ccccc2OC(F)(F)F)nc1NCC12CC3C[C@@H](C1)C(N1CCC(O)C1)[C@@H](C3)C2. The summed E-state index contributed by atoms with van der Waals surface area (Å²) in [4.78, 5) is 11.2. The fourth-order valence-electron chi connectivity index (χ4n) is 8.02. The number of aliphatic hydroxyl groups excluding tert-OH is 1. The normalized spacial score (nSPS) is 31.7. The fraction of sp³-hybridized carbons (Fsp3) is 0.607. The third-order valence-corrected chi connectivity index (χ3v) is 9.14. The molecule has 2 heterocycles. The van der Waals surface area contributed by atoms with Crippen molar-refractivity contribution >= 4 is 11.8 Å². The fourth-order valence-corrected chi connectivity index (χ4v) is 8.02. The van der Waals surface area contributed by atoms with Gasteiger partial charge < -0.3 is 20.5 Å². The third kappa shape index (κ3) is 5.50. The van der Waals surface area contributed by atoms with Crippen LogP contribution in [-0.4, -0.2) is 58.1 Å². The van der Waals surface area contributed by atoms with Gasteiger partial charge in [-0.05, 0) is 67.8 Å². The molecule has 1 aliphatic heterocycles. The first-order valence-electron chi connectivity index (χ1n) is 13.7. The van der Waals surface area contributed by atoms with Gasteiger partial charge in [0.05, 0.1) is 12.3 Å². The highest BCUT2D eigenvalue weighted by Gasteiger charge is 2.56. The van der Waals surface area contributed by atoms with Gasteiger partial charge in [0.1, 0.15) is 23.2 Å². The van der Waals surface area contributed by atoms with Crippen molar-refractivity contribution < 1.29 is 23.0 Å². The van der Waals surface area contributed by atoms with E-state index in [4.69, 9.17) is 0 Å². The Labute approximate surface area is 225 Å². The average molecular weight is 543 g/mol. The molecule has 3 atom stereocenters. The van der Waals surface area contributed by atoms with E-state index in [0.29, 0.717) is 34.8 Å². The lowest BCUT2D eigenvalue weighted by Crippen LogP contribution is -2.60. The molecule has 2 aromatic rings. The largest absolute Gasteiger partial charge is 0.573 e. The highest BCUT2D eigenvalue weighted by Crippen LogP contribution is 2.61. The second-order valence-corrected chi connectivity index (χ2v) is 11.8.